The van der Waals surface area contributed by atoms with Crippen LogP contribution in [-0.2, 0) is 4.74 Å². The highest BCUT2D eigenvalue weighted by Crippen LogP contribution is 2.16. The molecular weight excluding hydrogens is 258 g/mol. The van der Waals surface area contributed by atoms with Crippen LogP contribution in [0.25, 0.3) is 0 Å². The maximum absolute atomic E-state index is 5.77. The van der Waals surface area contributed by atoms with E-state index < -0.39 is 0 Å². The molecule has 2 rings (SSSR count). The highest BCUT2D eigenvalue weighted by molar-refractivity contribution is 6.28. The van der Waals surface area contributed by atoms with Crippen molar-refractivity contribution in [3.8, 4) is 12.0 Å². The lowest BCUT2D eigenvalue weighted by atomic mass is 10.2. The fourth-order valence-corrected chi connectivity index (χ4v) is 1.72. The Morgan fingerprint density at radius 1 is 1.28 bits per heavy atom. The second-order valence-corrected chi connectivity index (χ2v) is 4.30. The Morgan fingerprint density at radius 3 is 2.72 bits per heavy atom. The van der Waals surface area contributed by atoms with Crippen molar-refractivity contribution >= 4 is 11.6 Å². The van der Waals surface area contributed by atoms with Gasteiger partial charge in [0.1, 0.15) is 6.61 Å². The van der Waals surface area contributed by atoms with Crippen LogP contribution in [0.4, 0.5) is 0 Å². The summed E-state index contributed by atoms with van der Waals surface area (Å²) in [7, 11) is 0. The average molecular weight is 274 g/mol. The number of halogens is 1. The molecule has 1 aromatic heterocycles. The zero-order valence-corrected chi connectivity index (χ0v) is 11.0. The summed E-state index contributed by atoms with van der Waals surface area (Å²) in [5, 5.41) is 0.0680. The first-order valence-electron chi connectivity index (χ1n) is 6.06. The van der Waals surface area contributed by atoms with Crippen LogP contribution >= 0.6 is 11.6 Å². The van der Waals surface area contributed by atoms with Crippen molar-refractivity contribution in [1.29, 1.82) is 0 Å². The Labute approximate surface area is 111 Å². The maximum atomic E-state index is 5.77. The molecule has 1 aliphatic rings. The summed E-state index contributed by atoms with van der Waals surface area (Å²) in [6.07, 6.45) is 3.05. The predicted molar refractivity (Wildman–Crippen MR) is 65.1 cm³/mol. The fraction of sp³-hybridized carbons (Fsp3) is 0.727. The number of nitrogens with zero attached hydrogens (tertiary/aromatic N) is 3. The van der Waals surface area contributed by atoms with Gasteiger partial charge < -0.3 is 14.2 Å². The Bertz CT molecular complexity index is 386. The second kappa shape index (κ2) is 6.70. The summed E-state index contributed by atoms with van der Waals surface area (Å²) in [5.41, 5.74) is 0. The van der Waals surface area contributed by atoms with Gasteiger partial charge >= 0.3 is 12.0 Å². The Kier molecular flexibility index (Phi) is 4.95. The molecule has 0 aliphatic carbocycles. The third-order valence-electron chi connectivity index (χ3n) is 2.42. The summed E-state index contributed by atoms with van der Waals surface area (Å²) in [6, 6.07) is 0.371. The molecule has 0 aromatic carbocycles. The average Bonchev–Trinajstić information content (AvgIpc) is 2.86. The molecule has 2 heterocycles. The lowest BCUT2D eigenvalue weighted by molar-refractivity contribution is 0.0640. The quantitative estimate of drug-likeness (QED) is 0.788. The first kappa shape index (κ1) is 13.3. The standard InChI is InChI=1S/C11H16ClN3O3/c1-2-5-17-10-13-9(12)14-11(15-10)18-7-8-4-3-6-16-8/h8H,2-7H2,1H3. The van der Waals surface area contributed by atoms with Gasteiger partial charge in [-0.3, -0.25) is 0 Å². The van der Waals surface area contributed by atoms with Gasteiger partial charge in [0, 0.05) is 6.61 Å². The van der Waals surface area contributed by atoms with Gasteiger partial charge in [0.25, 0.3) is 0 Å². The Balaban J connectivity index is 1.91. The van der Waals surface area contributed by atoms with E-state index in [9.17, 15) is 0 Å². The maximum Gasteiger partial charge on any atom is 0.324 e. The molecule has 1 saturated heterocycles. The van der Waals surface area contributed by atoms with E-state index in [0.29, 0.717) is 13.2 Å². The summed E-state index contributed by atoms with van der Waals surface area (Å²) >= 11 is 5.77. The second-order valence-electron chi connectivity index (χ2n) is 3.96. The van der Waals surface area contributed by atoms with Crippen molar-refractivity contribution < 1.29 is 14.2 Å². The smallest absolute Gasteiger partial charge is 0.324 e. The summed E-state index contributed by atoms with van der Waals surface area (Å²) in [4.78, 5) is 11.8. The van der Waals surface area contributed by atoms with Crippen LogP contribution in [0.15, 0.2) is 0 Å². The Hall–Kier alpha value is -1.14. The molecule has 0 spiro atoms. The van der Waals surface area contributed by atoms with Gasteiger partial charge in [0.15, 0.2) is 0 Å². The number of ether oxygens (including phenoxy) is 3. The molecule has 1 aliphatic heterocycles. The number of rotatable bonds is 6. The van der Waals surface area contributed by atoms with E-state index in [-0.39, 0.29) is 23.4 Å². The van der Waals surface area contributed by atoms with Crippen molar-refractivity contribution in [2.75, 3.05) is 19.8 Å². The number of hydrogen-bond donors (Lipinski definition) is 0. The molecule has 0 amide bonds. The Morgan fingerprint density at radius 2 is 2.06 bits per heavy atom. The van der Waals surface area contributed by atoms with E-state index in [1.165, 1.54) is 0 Å². The molecule has 7 heteroatoms. The molecule has 1 atom stereocenters. The van der Waals surface area contributed by atoms with Crippen molar-refractivity contribution in [1.82, 2.24) is 15.0 Å². The third-order valence-corrected chi connectivity index (χ3v) is 2.59. The van der Waals surface area contributed by atoms with Gasteiger partial charge in [0.05, 0.1) is 12.7 Å². The van der Waals surface area contributed by atoms with Crippen LogP contribution in [-0.4, -0.2) is 40.9 Å². The van der Waals surface area contributed by atoms with Crippen molar-refractivity contribution in [2.45, 2.75) is 32.3 Å². The van der Waals surface area contributed by atoms with Gasteiger partial charge in [-0.1, -0.05) is 6.92 Å². The first-order chi connectivity index (χ1) is 8.78. The van der Waals surface area contributed by atoms with Crippen LogP contribution in [0, 0.1) is 0 Å². The molecule has 1 fully saturated rings. The monoisotopic (exact) mass is 273 g/mol. The molecule has 1 aromatic rings. The van der Waals surface area contributed by atoms with E-state index in [2.05, 4.69) is 15.0 Å². The number of hydrogen-bond acceptors (Lipinski definition) is 6. The van der Waals surface area contributed by atoms with E-state index in [1.54, 1.807) is 0 Å². The van der Waals surface area contributed by atoms with Crippen LogP contribution in [0.2, 0.25) is 5.28 Å². The largest absolute Gasteiger partial charge is 0.463 e. The van der Waals surface area contributed by atoms with Crippen LogP contribution in [0.5, 0.6) is 12.0 Å². The predicted octanol–water partition coefficient (Wildman–Crippen LogP) is 1.87. The van der Waals surface area contributed by atoms with Crippen molar-refractivity contribution in [3.05, 3.63) is 5.28 Å². The van der Waals surface area contributed by atoms with Gasteiger partial charge in [-0.05, 0) is 30.9 Å². The van der Waals surface area contributed by atoms with Gasteiger partial charge in [0.2, 0.25) is 5.28 Å². The van der Waals surface area contributed by atoms with Gasteiger partial charge in [-0.25, -0.2) is 0 Å². The molecule has 6 nitrogen and oxygen atoms in total. The molecule has 0 N–H and O–H groups in total. The zero-order valence-electron chi connectivity index (χ0n) is 10.3. The van der Waals surface area contributed by atoms with Crippen molar-refractivity contribution in [2.24, 2.45) is 0 Å². The minimum atomic E-state index is 0.0680. The van der Waals surface area contributed by atoms with E-state index in [1.807, 2.05) is 6.92 Å². The summed E-state index contributed by atoms with van der Waals surface area (Å²) < 4.78 is 16.2. The normalized spacial score (nSPS) is 18.9. The number of aromatic nitrogens is 3. The lowest BCUT2D eigenvalue weighted by Crippen LogP contribution is -2.17. The SMILES string of the molecule is CCCOc1nc(Cl)nc(OCC2CCCO2)n1. The minimum absolute atomic E-state index is 0.0680. The van der Waals surface area contributed by atoms with Crippen LogP contribution < -0.4 is 9.47 Å². The third kappa shape index (κ3) is 3.96. The molecule has 100 valence electrons. The van der Waals surface area contributed by atoms with E-state index in [0.717, 1.165) is 25.9 Å². The topological polar surface area (TPSA) is 66.4 Å². The molecular formula is C11H16ClN3O3. The molecule has 0 radical (unpaired) electrons. The van der Waals surface area contributed by atoms with Crippen molar-refractivity contribution in [3.63, 3.8) is 0 Å². The van der Waals surface area contributed by atoms with Gasteiger partial charge in [-0.2, -0.15) is 9.97 Å². The lowest BCUT2D eigenvalue weighted by Gasteiger charge is -2.10. The fourth-order valence-electron chi connectivity index (χ4n) is 1.58. The highest BCUT2D eigenvalue weighted by Gasteiger charge is 2.17. The molecule has 0 saturated carbocycles. The first-order valence-corrected chi connectivity index (χ1v) is 6.44. The highest BCUT2D eigenvalue weighted by atomic mass is 35.5. The molecule has 1 unspecified atom stereocenters. The van der Waals surface area contributed by atoms with E-state index >= 15 is 0 Å². The van der Waals surface area contributed by atoms with Gasteiger partial charge in [-0.15, -0.1) is 4.98 Å². The summed E-state index contributed by atoms with van der Waals surface area (Å²) in [6.45, 7) is 3.74. The molecule has 0 bridgehead atoms. The molecule has 18 heavy (non-hydrogen) atoms. The zero-order chi connectivity index (χ0) is 12.8. The minimum Gasteiger partial charge on any atom is -0.463 e. The van der Waals surface area contributed by atoms with Crippen LogP contribution in [0.1, 0.15) is 26.2 Å². The van der Waals surface area contributed by atoms with E-state index in [4.69, 9.17) is 25.8 Å². The summed E-state index contributed by atoms with van der Waals surface area (Å²) in [5.74, 6) is 0. The van der Waals surface area contributed by atoms with Crippen LogP contribution in [0.3, 0.4) is 0 Å².